The maximum absolute atomic E-state index is 13.7. The van der Waals surface area contributed by atoms with Gasteiger partial charge in [-0.15, -0.1) is 0 Å². The van der Waals surface area contributed by atoms with Crippen molar-refractivity contribution < 1.29 is 4.79 Å². The van der Waals surface area contributed by atoms with Crippen LogP contribution in [0.25, 0.3) is 16.9 Å². The van der Waals surface area contributed by atoms with E-state index < -0.39 is 0 Å². The first-order chi connectivity index (χ1) is 17.7. The van der Waals surface area contributed by atoms with Crippen LogP contribution >= 0.6 is 0 Å². The number of piperazine rings is 1. The topological polar surface area (TPSA) is 58.7 Å². The van der Waals surface area contributed by atoms with E-state index in [1.807, 2.05) is 93.1 Å². The Kier molecular flexibility index (Phi) is 6.05. The lowest BCUT2D eigenvalue weighted by Gasteiger charge is -2.34. The maximum Gasteiger partial charge on any atom is 0.257 e. The Bertz CT molecular complexity index is 1430. The van der Waals surface area contributed by atoms with Crippen LogP contribution < -0.4 is 0 Å². The van der Waals surface area contributed by atoms with E-state index in [1.54, 1.807) is 0 Å². The second-order valence-corrected chi connectivity index (χ2v) is 9.21. The molecule has 0 bridgehead atoms. The van der Waals surface area contributed by atoms with Crippen molar-refractivity contribution in [2.45, 2.75) is 13.1 Å². The molecule has 1 aliphatic rings. The van der Waals surface area contributed by atoms with Crippen LogP contribution in [0.4, 0.5) is 0 Å². The average Bonchev–Trinajstić information content (AvgIpc) is 3.53. The van der Waals surface area contributed by atoms with Gasteiger partial charge in [-0.1, -0.05) is 66.7 Å². The summed E-state index contributed by atoms with van der Waals surface area (Å²) in [6.07, 6.45) is 6.01. The molecule has 36 heavy (non-hydrogen) atoms. The van der Waals surface area contributed by atoms with E-state index in [-0.39, 0.29) is 5.91 Å². The third kappa shape index (κ3) is 4.65. The number of hydrogen-bond acceptors (Lipinski definition) is 4. The van der Waals surface area contributed by atoms with Crippen LogP contribution in [0.5, 0.6) is 0 Å². The number of fused-ring (bicyclic) bond motifs is 1. The third-order valence-corrected chi connectivity index (χ3v) is 6.69. The molecule has 180 valence electrons. The van der Waals surface area contributed by atoms with Gasteiger partial charge in [0, 0.05) is 56.9 Å². The lowest BCUT2D eigenvalue weighted by Crippen LogP contribution is -2.48. The number of aromatic nitrogens is 4. The Labute approximate surface area is 210 Å². The lowest BCUT2D eigenvalue weighted by molar-refractivity contribution is 0.0628. The second-order valence-electron chi connectivity index (χ2n) is 9.21. The van der Waals surface area contributed by atoms with E-state index in [0.29, 0.717) is 25.2 Å². The molecule has 0 spiro atoms. The van der Waals surface area contributed by atoms with E-state index >= 15 is 0 Å². The van der Waals surface area contributed by atoms with Gasteiger partial charge in [-0.25, -0.2) is 4.98 Å². The zero-order valence-electron chi connectivity index (χ0n) is 20.1. The van der Waals surface area contributed by atoms with Gasteiger partial charge in [0.05, 0.1) is 17.8 Å². The Morgan fingerprint density at radius 3 is 2.25 bits per heavy atom. The standard InChI is InChI=1S/C29H28N6O/c36-29(33-17-15-32(16-18-33)20-25-21-34-14-8-7-13-27(34)30-25)26-22-35(19-23-9-3-1-4-10-23)31-28(26)24-11-5-2-6-12-24/h1-14,21-22H,15-20H2. The minimum absolute atomic E-state index is 0.0422. The molecule has 0 N–H and O–H groups in total. The zero-order valence-corrected chi connectivity index (χ0v) is 20.1. The zero-order chi connectivity index (χ0) is 24.3. The van der Waals surface area contributed by atoms with Crippen molar-refractivity contribution in [3.05, 3.63) is 114 Å². The summed E-state index contributed by atoms with van der Waals surface area (Å²) in [4.78, 5) is 22.7. The first-order valence-electron chi connectivity index (χ1n) is 12.3. The molecule has 3 aromatic heterocycles. The van der Waals surface area contributed by atoms with Crippen LogP contribution in [0.2, 0.25) is 0 Å². The molecule has 1 saturated heterocycles. The predicted molar refractivity (Wildman–Crippen MR) is 140 cm³/mol. The minimum atomic E-state index is 0.0422. The minimum Gasteiger partial charge on any atom is -0.336 e. The molecule has 1 amide bonds. The molecule has 0 radical (unpaired) electrons. The van der Waals surface area contributed by atoms with Crippen LogP contribution in [0.3, 0.4) is 0 Å². The van der Waals surface area contributed by atoms with Crippen molar-refractivity contribution in [2.75, 3.05) is 26.2 Å². The van der Waals surface area contributed by atoms with Gasteiger partial charge >= 0.3 is 0 Å². The van der Waals surface area contributed by atoms with Crippen LogP contribution in [0.15, 0.2) is 97.5 Å². The number of benzene rings is 2. The third-order valence-electron chi connectivity index (χ3n) is 6.69. The number of carbonyl (C=O) groups is 1. The van der Waals surface area contributed by atoms with Crippen molar-refractivity contribution in [1.82, 2.24) is 29.0 Å². The Balaban J connectivity index is 1.18. The fourth-order valence-corrected chi connectivity index (χ4v) is 4.81. The number of nitrogens with zero attached hydrogens (tertiary/aromatic N) is 6. The van der Waals surface area contributed by atoms with E-state index in [2.05, 4.69) is 23.2 Å². The molecular formula is C29H28N6O. The van der Waals surface area contributed by atoms with E-state index in [1.165, 1.54) is 0 Å². The Morgan fingerprint density at radius 1 is 0.778 bits per heavy atom. The van der Waals surface area contributed by atoms with Gasteiger partial charge in [-0.05, 0) is 17.7 Å². The first-order valence-corrected chi connectivity index (χ1v) is 12.3. The van der Waals surface area contributed by atoms with E-state index in [0.717, 1.165) is 47.8 Å². The highest BCUT2D eigenvalue weighted by atomic mass is 16.2. The molecule has 2 aromatic carbocycles. The maximum atomic E-state index is 13.7. The summed E-state index contributed by atoms with van der Waals surface area (Å²) in [5.41, 5.74) is 5.52. The molecule has 7 heteroatoms. The largest absolute Gasteiger partial charge is 0.336 e. The quantitative estimate of drug-likeness (QED) is 0.369. The molecule has 0 saturated carbocycles. The van der Waals surface area contributed by atoms with Gasteiger partial charge in [-0.3, -0.25) is 14.4 Å². The van der Waals surface area contributed by atoms with Gasteiger partial charge in [0.2, 0.25) is 0 Å². The molecule has 6 rings (SSSR count). The van der Waals surface area contributed by atoms with Gasteiger partial charge in [0.15, 0.2) is 0 Å². The SMILES string of the molecule is O=C(c1cn(Cc2ccccc2)nc1-c1ccccc1)N1CCN(Cc2cn3ccccc3n2)CC1. The molecule has 7 nitrogen and oxygen atoms in total. The van der Waals surface area contributed by atoms with Crippen LogP contribution in [0.1, 0.15) is 21.6 Å². The number of rotatable bonds is 6. The molecule has 5 aromatic rings. The first kappa shape index (κ1) is 22.2. The Hall–Kier alpha value is -4.23. The predicted octanol–water partition coefficient (Wildman–Crippen LogP) is 4.20. The summed E-state index contributed by atoms with van der Waals surface area (Å²) >= 11 is 0. The number of pyridine rings is 1. The van der Waals surface area contributed by atoms with E-state index in [9.17, 15) is 4.79 Å². The van der Waals surface area contributed by atoms with Gasteiger partial charge in [-0.2, -0.15) is 5.10 Å². The van der Waals surface area contributed by atoms with Crippen LogP contribution in [-0.2, 0) is 13.1 Å². The van der Waals surface area contributed by atoms with Gasteiger partial charge in [0.1, 0.15) is 11.3 Å². The summed E-state index contributed by atoms with van der Waals surface area (Å²) in [6.45, 7) is 4.42. The van der Waals surface area contributed by atoms with Gasteiger partial charge < -0.3 is 9.30 Å². The molecule has 4 heterocycles. The van der Waals surface area contributed by atoms with Crippen molar-refractivity contribution in [2.24, 2.45) is 0 Å². The highest BCUT2D eigenvalue weighted by Gasteiger charge is 2.26. The van der Waals surface area contributed by atoms with Crippen molar-refractivity contribution in [3.63, 3.8) is 0 Å². The molecule has 0 unspecified atom stereocenters. The summed E-state index contributed by atoms with van der Waals surface area (Å²) < 4.78 is 3.93. The molecule has 0 atom stereocenters. The van der Waals surface area contributed by atoms with Crippen molar-refractivity contribution in [1.29, 1.82) is 0 Å². The fourth-order valence-electron chi connectivity index (χ4n) is 4.81. The number of amides is 1. The average molecular weight is 477 g/mol. The highest BCUT2D eigenvalue weighted by molar-refractivity contribution is 5.99. The smallest absolute Gasteiger partial charge is 0.257 e. The second kappa shape index (κ2) is 9.79. The lowest BCUT2D eigenvalue weighted by atomic mass is 10.1. The van der Waals surface area contributed by atoms with Crippen molar-refractivity contribution in [3.8, 4) is 11.3 Å². The molecule has 1 aliphatic heterocycles. The fraction of sp³-hybridized carbons (Fsp3) is 0.207. The summed E-state index contributed by atoms with van der Waals surface area (Å²) in [5.74, 6) is 0.0422. The summed E-state index contributed by atoms with van der Waals surface area (Å²) in [7, 11) is 0. The number of imidazole rings is 1. The highest BCUT2D eigenvalue weighted by Crippen LogP contribution is 2.24. The number of hydrogen-bond donors (Lipinski definition) is 0. The van der Waals surface area contributed by atoms with Crippen LogP contribution in [0, 0.1) is 0 Å². The summed E-state index contributed by atoms with van der Waals surface area (Å²) in [5, 5.41) is 4.83. The van der Waals surface area contributed by atoms with Crippen LogP contribution in [-0.4, -0.2) is 61.1 Å². The van der Waals surface area contributed by atoms with Crippen molar-refractivity contribution >= 4 is 11.6 Å². The molecule has 1 fully saturated rings. The van der Waals surface area contributed by atoms with E-state index in [4.69, 9.17) is 10.1 Å². The molecule has 0 aliphatic carbocycles. The molecular weight excluding hydrogens is 448 g/mol. The normalized spacial score (nSPS) is 14.4. The number of carbonyl (C=O) groups excluding carboxylic acids is 1. The summed E-state index contributed by atoms with van der Waals surface area (Å²) in [6, 6.07) is 26.2. The monoisotopic (exact) mass is 476 g/mol. The van der Waals surface area contributed by atoms with Gasteiger partial charge in [0.25, 0.3) is 5.91 Å². The Morgan fingerprint density at radius 2 is 1.50 bits per heavy atom.